The maximum atomic E-state index is 12.9. The van der Waals surface area contributed by atoms with Crippen LogP contribution in [-0.4, -0.2) is 43.6 Å². The fourth-order valence-electron chi connectivity index (χ4n) is 3.72. The van der Waals surface area contributed by atoms with E-state index < -0.39 is 4.92 Å². The Labute approximate surface area is 190 Å². The Balaban J connectivity index is 1.56. The highest BCUT2D eigenvalue weighted by Crippen LogP contribution is 2.29. The third kappa shape index (κ3) is 4.57. The van der Waals surface area contributed by atoms with Crippen LogP contribution in [-0.2, 0) is 12.3 Å². The maximum Gasteiger partial charge on any atom is 0.269 e. The molecular weight excluding hydrogens is 426 g/mol. The predicted molar refractivity (Wildman–Crippen MR) is 123 cm³/mol. The van der Waals surface area contributed by atoms with Crippen LogP contribution in [0.5, 0.6) is 0 Å². The molecule has 164 valence electrons. The smallest absolute Gasteiger partial charge is 0.269 e. The third-order valence-electron chi connectivity index (χ3n) is 5.36. The number of aromatic nitrogens is 3. The summed E-state index contributed by atoms with van der Waals surface area (Å²) < 4.78 is 1.92. The predicted octanol–water partition coefficient (Wildman–Crippen LogP) is 4.57. The van der Waals surface area contributed by atoms with Crippen molar-refractivity contribution in [1.29, 1.82) is 0 Å². The Morgan fingerprint density at radius 2 is 1.84 bits per heavy atom. The fraction of sp³-hybridized carbons (Fsp3) is 0.261. The molecule has 0 bridgehead atoms. The van der Waals surface area contributed by atoms with Gasteiger partial charge in [-0.3, -0.25) is 19.5 Å². The van der Waals surface area contributed by atoms with Crippen LogP contribution in [0.4, 0.5) is 5.69 Å². The number of thioether (sulfide) groups is 1. The van der Waals surface area contributed by atoms with Crippen LogP contribution in [0, 0.1) is 10.1 Å². The van der Waals surface area contributed by atoms with Gasteiger partial charge in [0.2, 0.25) is 0 Å². The number of hydrogen-bond acceptors (Lipinski definition) is 6. The monoisotopic (exact) mass is 449 g/mol. The van der Waals surface area contributed by atoms with Crippen LogP contribution in [0.3, 0.4) is 0 Å². The number of hydrogen-bond donors (Lipinski definition) is 0. The van der Waals surface area contributed by atoms with E-state index in [1.165, 1.54) is 23.9 Å². The van der Waals surface area contributed by atoms with E-state index in [4.69, 9.17) is 0 Å². The first-order chi connectivity index (χ1) is 15.6. The van der Waals surface area contributed by atoms with E-state index >= 15 is 0 Å². The summed E-state index contributed by atoms with van der Waals surface area (Å²) in [5.74, 6) is 1.27. The van der Waals surface area contributed by atoms with Gasteiger partial charge < -0.3 is 4.90 Å². The summed E-state index contributed by atoms with van der Waals surface area (Å²) in [5, 5.41) is 20.3. The number of likely N-dealkylation sites (tertiary alicyclic amines) is 1. The SMILES string of the molecule is C=CCn1c(SCc2ccccc2C(=O)N2CCCC2)nnc1-c1ccc([N+](=O)[O-])cc1. The molecule has 8 nitrogen and oxygen atoms in total. The molecule has 0 spiro atoms. The number of non-ortho nitro benzene ring substituents is 1. The van der Waals surface area contributed by atoms with Crippen LogP contribution in [0.1, 0.15) is 28.8 Å². The summed E-state index contributed by atoms with van der Waals surface area (Å²) in [5.41, 5.74) is 2.45. The van der Waals surface area contributed by atoms with Gasteiger partial charge in [-0.05, 0) is 36.6 Å². The van der Waals surface area contributed by atoms with Crippen molar-refractivity contribution in [3.63, 3.8) is 0 Å². The van der Waals surface area contributed by atoms with Crippen LogP contribution in [0.15, 0.2) is 66.3 Å². The first kappa shape index (κ1) is 21.8. The molecule has 1 aromatic heterocycles. The van der Waals surface area contributed by atoms with Gasteiger partial charge in [0.15, 0.2) is 11.0 Å². The molecule has 0 N–H and O–H groups in total. The van der Waals surface area contributed by atoms with Crippen molar-refractivity contribution in [2.45, 2.75) is 30.3 Å². The van der Waals surface area contributed by atoms with Gasteiger partial charge >= 0.3 is 0 Å². The number of rotatable bonds is 8. The van der Waals surface area contributed by atoms with Crippen molar-refractivity contribution in [3.05, 3.63) is 82.4 Å². The summed E-state index contributed by atoms with van der Waals surface area (Å²) in [6, 6.07) is 13.9. The van der Waals surface area contributed by atoms with Gasteiger partial charge in [-0.2, -0.15) is 0 Å². The molecule has 0 radical (unpaired) electrons. The fourth-order valence-corrected chi connectivity index (χ4v) is 4.67. The summed E-state index contributed by atoms with van der Waals surface area (Å²) >= 11 is 1.50. The summed E-state index contributed by atoms with van der Waals surface area (Å²) in [6.07, 6.45) is 3.87. The zero-order valence-corrected chi connectivity index (χ0v) is 18.3. The number of allylic oxidation sites excluding steroid dienone is 1. The van der Waals surface area contributed by atoms with Gasteiger partial charge in [0.25, 0.3) is 11.6 Å². The number of carbonyl (C=O) groups excluding carboxylic acids is 1. The number of nitro groups is 1. The van der Waals surface area contributed by atoms with Gasteiger partial charge in [-0.1, -0.05) is 36.0 Å². The molecule has 9 heteroatoms. The molecular formula is C23H23N5O3S. The van der Waals surface area contributed by atoms with Crippen molar-refractivity contribution in [3.8, 4) is 11.4 Å². The summed E-state index contributed by atoms with van der Waals surface area (Å²) in [6.45, 7) is 5.94. The first-order valence-electron chi connectivity index (χ1n) is 10.4. The lowest BCUT2D eigenvalue weighted by Crippen LogP contribution is -2.28. The Morgan fingerprint density at radius 1 is 1.12 bits per heavy atom. The highest BCUT2D eigenvalue weighted by atomic mass is 32.2. The highest BCUT2D eigenvalue weighted by Gasteiger charge is 2.22. The third-order valence-corrected chi connectivity index (χ3v) is 6.38. The zero-order valence-electron chi connectivity index (χ0n) is 17.5. The summed E-state index contributed by atoms with van der Waals surface area (Å²) in [4.78, 5) is 25.3. The molecule has 0 atom stereocenters. The zero-order chi connectivity index (χ0) is 22.5. The molecule has 3 aromatic rings. The van der Waals surface area contributed by atoms with E-state index in [9.17, 15) is 14.9 Å². The molecule has 0 unspecified atom stereocenters. The molecule has 0 aliphatic carbocycles. The number of carbonyl (C=O) groups is 1. The minimum atomic E-state index is -0.430. The van der Waals surface area contributed by atoms with Crippen molar-refractivity contribution in [2.24, 2.45) is 0 Å². The quantitative estimate of drug-likeness (QED) is 0.216. The second-order valence-electron chi connectivity index (χ2n) is 7.45. The molecule has 1 aliphatic heterocycles. The lowest BCUT2D eigenvalue weighted by molar-refractivity contribution is -0.384. The Hall–Kier alpha value is -3.46. The van der Waals surface area contributed by atoms with Crippen LogP contribution < -0.4 is 0 Å². The van der Waals surface area contributed by atoms with E-state index in [-0.39, 0.29) is 11.6 Å². The highest BCUT2D eigenvalue weighted by molar-refractivity contribution is 7.98. The molecule has 4 rings (SSSR count). The van der Waals surface area contributed by atoms with Crippen molar-refractivity contribution >= 4 is 23.4 Å². The largest absolute Gasteiger partial charge is 0.339 e. The average Bonchev–Trinajstić information content (AvgIpc) is 3.48. The van der Waals surface area contributed by atoms with Gasteiger partial charge in [-0.25, -0.2) is 0 Å². The molecule has 1 saturated heterocycles. The van der Waals surface area contributed by atoms with E-state index in [2.05, 4.69) is 16.8 Å². The molecule has 0 saturated carbocycles. The van der Waals surface area contributed by atoms with E-state index in [1.807, 2.05) is 33.7 Å². The Morgan fingerprint density at radius 3 is 2.53 bits per heavy atom. The van der Waals surface area contributed by atoms with Crippen LogP contribution >= 0.6 is 11.8 Å². The number of nitro benzene ring substituents is 1. The van der Waals surface area contributed by atoms with Crippen LogP contribution in [0.25, 0.3) is 11.4 Å². The molecule has 1 fully saturated rings. The Kier molecular flexibility index (Phi) is 6.65. The minimum Gasteiger partial charge on any atom is -0.339 e. The van der Waals surface area contributed by atoms with E-state index in [1.54, 1.807) is 18.2 Å². The minimum absolute atomic E-state index is 0.0254. The second kappa shape index (κ2) is 9.78. The van der Waals surface area contributed by atoms with Crippen molar-refractivity contribution in [2.75, 3.05) is 13.1 Å². The molecule has 1 amide bonds. The molecule has 2 heterocycles. The number of amides is 1. The standard InChI is InChI=1S/C23H23N5O3S/c1-2-13-27-21(17-9-11-19(12-10-17)28(30)31)24-25-23(27)32-16-18-7-3-4-8-20(18)22(29)26-14-5-6-15-26/h2-4,7-12H,1,5-6,13-16H2. The lowest BCUT2D eigenvalue weighted by Gasteiger charge is -2.17. The molecule has 32 heavy (non-hydrogen) atoms. The van der Waals surface area contributed by atoms with Crippen molar-refractivity contribution in [1.82, 2.24) is 19.7 Å². The number of nitrogens with zero attached hydrogens (tertiary/aromatic N) is 5. The normalized spacial score (nSPS) is 13.3. The molecule has 2 aromatic carbocycles. The van der Waals surface area contributed by atoms with E-state index in [0.29, 0.717) is 23.3 Å². The van der Waals surface area contributed by atoms with Crippen LogP contribution in [0.2, 0.25) is 0 Å². The van der Waals surface area contributed by atoms with E-state index in [0.717, 1.165) is 42.6 Å². The average molecular weight is 450 g/mol. The Bertz CT molecular complexity index is 1140. The number of benzene rings is 2. The van der Waals surface area contributed by atoms with Gasteiger partial charge in [0.1, 0.15) is 0 Å². The van der Waals surface area contributed by atoms with Gasteiger partial charge in [-0.15, -0.1) is 16.8 Å². The maximum absolute atomic E-state index is 12.9. The van der Waals surface area contributed by atoms with Gasteiger partial charge in [0.05, 0.1) is 4.92 Å². The lowest BCUT2D eigenvalue weighted by atomic mass is 10.1. The topological polar surface area (TPSA) is 94.2 Å². The van der Waals surface area contributed by atoms with Gasteiger partial charge in [0, 0.05) is 48.6 Å². The van der Waals surface area contributed by atoms with Crippen molar-refractivity contribution < 1.29 is 9.72 Å². The summed E-state index contributed by atoms with van der Waals surface area (Å²) in [7, 11) is 0. The first-order valence-corrected chi connectivity index (χ1v) is 11.4. The molecule has 1 aliphatic rings. The second-order valence-corrected chi connectivity index (χ2v) is 8.40.